The van der Waals surface area contributed by atoms with Crippen molar-refractivity contribution in [1.29, 1.82) is 0 Å². The molecule has 2 aliphatic heterocycles. The van der Waals surface area contributed by atoms with E-state index in [0.29, 0.717) is 26.2 Å². The highest BCUT2D eigenvalue weighted by molar-refractivity contribution is 5.83. The summed E-state index contributed by atoms with van der Waals surface area (Å²) in [6, 6.07) is 8.75. The molecule has 0 aromatic heterocycles. The first-order valence-electron chi connectivity index (χ1n) is 9.20. The zero-order valence-electron chi connectivity index (χ0n) is 14.9. The van der Waals surface area contributed by atoms with Gasteiger partial charge < -0.3 is 15.5 Å². The molecule has 0 radical (unpaired) electrons. The van der Waals surface area contributed by atoms with Crippen molar-refractivity contribution in [2.45, 2.75) is 31.8 Å². The van der Waals surface area contributed by atoms with Crippen LogP contribution in [0, 0.1) is 0 Å². The lowest BCUT2D eigenvalue weighted by molar-refractivity contribution is -0.138. The van der Waals surface area contributed by atoms with Crippen molar-refractivity contribution >= 4 is 11.8 Å². The van der Waals surface area contributed by atoms with Gasteiger partial charge in [-0.3, -0.25) is 14.5 Å². The molecule has 3 rings (SSSR count). The van der Waals surface area contributed by atoms with Gasteiger partial charge in [0.05, 0.1) is 6.04 Å². The van der Waals surface area contributed by atoms with Gasteiger partial charge >= 0.3 is 0 Å². The fourth-order valence-electron chi connectivity index (χ4n) is 3.69. The number of nitrogens with zero attached hydrogens (tertiary/aromatic N) is 3. The van der Waals surface area contributed by atoms with Gasteiger partial charge in [0.25, 0.3) is 0 Å². The number of rotatable bonds is 4. The predicted octanol–water partition coefficient (Wildman–Crippen LogP) is 0.842. The second kappa shape index (κ2) is 7.97. The molecule has 1 aromatic carbocycles. The summed E-state index contributed by atoms with van der Waals surface area (Å²) in [6.07, 6.45) is 2.22. The molecule has 0 bridgehead atoms. The molecule has 2 amide bonds. The van der Waals surface area contributed by atoms with Gasteiger partial charge in [-0.15, -0.1) is 0 Å². The molecule has 136 valence electrons. The Morgan fingerprint density at radius 1 is 0.880 bits per heavy atom. The van der Waals surface area contributed by atoms with Crippen molar-refractivity contribution in [3.8, 4) is 0 Å². The topological polar surface area (TPSA) is 69.9 Å². The van der Waals surface area contributed by atoms with Crippen molar-refractivity contribution < 1.29 is 9.59 Å². The minimum Gasteiger partial charge on any atom is -0.341 e. The quantitative estimate of drug-likeness (QED) is 0.879. The lowest BCUT2D eigenvalue weighted by Gasteiger charge is -2.39. The maximum atomic E-state index is 12.6. The van der Waals surface area contributed by atoms with E-state index in [1.165, 1.54) is 0 Å². The Hall–Kier alpha value is -1.92. The van der Waals surface area contributed by atoms with Crippen molar-refractivity contribution in [2.75, 3.05) is 39.3 Å². The standard InChI is InChI=1S/C19H28N4O2/c1-15(18(24)22-9-5-6-10-22)21-11-13-23(14-12-21)19(25)17(20)16-7-3-2-4-8-16/h2-4,7-8,15,17H,5-6,9-14,20H2,1H3. The third kappa shape index (κ3) is 4.02. The Morgan fingerprint density at radius 2 is 1.44 bits per heavy atom. The lowest BCUT2D eigenvalue weighted by Crippen LogP contribution is -2.56. The highest BCUT2D eigenvalue weighted by Crippen LogP contribution is 2.17. The number of nitrogens with two attached hydrogens (primary N) is 1. The van der Waals surface area contributed by atoms with Gasteiger partial charge in [-0.05, 0) is 25.3 Å². The number of hydrogen-bond acceptors (Lipinski definition) is 4. The minimum atomic E-state index is -0.614. The van der Waals surface area contributed by atoms with E-state index in [1.807, 2.05) is 47.1 Å². The molecular formula is C19H28N4O2. The Kier molecular flexibility index (Phi) is 5.71. The molecule has 6 nitrogen and oxygen atoms in total. The van der Waals surface area contributed by atoms with Crippen LogP contribution in [-0.2, 0) is 9.59 Å². The van der Waals surface area contributed by atoms with Crippen LogP contribution in [0.1, 0.15) is 31.4 Å². The number of amides is 2. The molecule has 1 aromatic rings. The van der Waals surface area contributed by atoms with Crippen LogP contribution in [0.15, 0.2) is 30.3 Å². The number of carbonyl (C=O) groups is 2. The molecule has 0 saturated carbocycles. The number of benzene rings is 1. The molecule has 2 heterocycles. The van der Waals surface area contributed by atoms with E-state index in [1.54, 1.807) is 0 Å². The van der Waals surface area contributed by atoms with Crippen LogP contribution in [-0.4, -0.2) is 71.8 Å². The zero-order valence-corrected chi connectivity index (χ0v) is 14.9. The molecule has 6 heteroatoms. The number of piperazine rings is 1. The fraction of sp³-hybridized carbons (Fsp3) is 0.579. The van der Waals surface area contributed by atoms with E-state index in [9.17, 15) is 9.59 Å². The van der Waals surface area contributed by atoms with Gasteiger partial charge in [-0.2, -0.15) is 0 Å². The van der Waals surface area contributed by atoms with Crippen LogP contribution < -0.4 is 5.73 Å². The monoisotopic (exact) mass is 344 g/mol. The average Bonchev–Trinajstić information content (AvgIpc) is 3.21. The van der Waals surface area contributed by atoms with E-state index < -0.39 is 6.04 Å². The third-order valence-electron chi connectivity index (χ3n) is 5.37. The van der Waals surface area contributed by atoms with Gasteiger partial charge in [0.2, 0.25) is 11.8 Å². The lowest BCUT2D eigenvalue weighted by atomic mass is 10.1. The average molecular weight is 344 g/mol. The van der Waals surface area contributed by atoms with Crippen molar-refractivity contribution in [3.05, 3.63) is 35.9 Å². The van der Waals surface area contributed by atoms with Crippen LogP contribution >= 0.6 is 0 Å². The highest BCUT2D eigenvalue weighted by atomic mass is 16.2. The first-order chi connectivity index (χ1) is 12.1. The number of hydrogen-bond donors (Lipinski definition) is 1. The zero-order chi connectivity index (χ0) is 17.8. The van der Waals surface area contributed by atoms with Crippen LogP contribution in [0.25, 0.3) is 0 Å². The molecule has 2 atom stereocenters. The van der Waals surface area contributed by atoms with Crippen LogP contribution in [0.4, 0.5) is 0 Å². The molecule has 2 saturated heterocycles. The molecule has 0 aliphatic carbocycles. The van der Waals surface area contributed by atoms with Crippen molar-refractivity contribution in [2.24, 2.45) is 5.73 Å². The molecule has 2 aliphatic rings. The second-order valence-corrected chi connectivity index (χ2v) is 6.96. The molecule has 25 heavy (non-hydrogen) atoms. The van der Waals surface area contributed by atoms with Gasteiger partial charge in [0.1, 0.15) is 6.04 Å². The SMILES string of the molecule is CC(C(=O)N1CCCC1)N1CCN(C(=O)C(N)c2ccccc2)CC1. The van der Waals surface area contributed by atoms with E-state index in [4.69, 9.17) is 5.73 Å². The van der Waals surface area contributed by atoms with Crippen molar-refractivity contribution in [3.63, 3.8) is 0 Å². The predicted molar refractivity (Wildman–Crippen MR) is 96.8 cm³/mol. The van der Waals surface area contributed by atoms with Crippen LogP contribution in [0.2, 0.25) is 0 Å². The summed E-state index contributed by atoms with van der Waals surface area (Å²) < 4.78 is 0. The maximum Gasteiger partial charge on any atom is 0.244 e. The summed E-state index contributed by atoms with van der Waals surface area (Å²) in [5.74, 6) is 0.183. The Bertz CT molecular complexity index is 593. The van der Waals surface area contributed by atoms with Gasteiger partial charge in [0, 0.05) is 39.3 Å². The Morgan fingerprint density at radius 3 is 2.04 bits per heavy atom. The van der Waals surface area contributed by atoms with Gasteiger partial charge in [0.15, 0.2) is 0 Å². The molecule has 2 N–H and O–H groups in total. The van der Waals surface area contributed by atoms with Crippen molar-refractivity contribution in [1.82, 2.24) is 14.7 Å². The summed E-state index contributed by atoms with van der Waals surface area (Å²) in [5, 5.41) is 0. The van der Waals surface area contributed by atoms with Gasteiger partial charge in [-0.1, -0.05) is 30.3 Å². The Labute approximate surface area is 149 Å². The van der Waals surface area contributed by atoms with E-state index in [2.05, 4.69) is 4.90 Å². The summed E-state index contributed by atoms with van der Waals surface area (Å²) in [4.78, 5) is 31.1. The normalized spacial score (nSPS) is 21.2. The fourth-order valence-corrected chi connectivity index (χ4v) is 3.69. The number of likely N-dealkylation sites (tertiary alicyclic amines) is 1. The molecule has 2 unspecified atom stereocenters. The highest BCUT2D eigenvalue weighted by Gasteiger charge is 2.32. The minimum absolute atomic E-state index is 0.0376. The maximum absolute atomic E-state index is 12.6. The molecule has 2 fully saturated rings. The molecular weight excluding hydrogens is 316 g/mol. The second-order valence-electron chi connectivity index (χ2n) is 6.96. The van der Waals surface area contributed by atoms with E-state index >= 15 is 0 Å². The van der Waals surface area contributed by atoms with Gasteiger partial charge in [-0.25, -0.2) is 0 Å². The molecule has 0 spiro atoms. The summed E-state index contributed by atoms with van der Waals surface area (Å²) >= 11 is 0. The van der Waals surface area contributed by atoms with Crippen LogP contribution in [0.5, 0.6) is 0 Å². The summed E-state index contributed by atoms with van der Waals surface area (Å²) in [6.45, 7) is 6.42. The summed E-state index contributed by atoms with van der Waals surface area (Å²) in [5.41, 5.74) is 6.97. The number of carbonyl (C=O) groups excluding carboxylic acids is 2. The first-order valence-corrected chi connectivity index (χ1v) is 9.20. The largest absolute Gasteiger partial charge is 0.341 e. The summed E-state index contributed by atoms with van der Waals surface area (Å²) in [7, 11) is 0. The van der Waals surface area contributed by atoms with Crippen LogP contribution in [0.3, 0.4) is 0 Å². The Balaban J connectivity index is 1.52. The van der Waals surface area contributed by atoms with E-state index in [0.717, 1.165) is 31.5 Å². The van der Waals surface area contributed by atoms with E-state index in [-0.39, 0.29) is 17.9 Å². The third-order valence-corrected chi connectivity index (χ3v) is 5.37. The smallest absolute Gasteiger partial charge is 0.244 e. The first kappa shape index (κ1) is 17.9.